The zero-order valence-electron chi connectivity index (χ0n) is 11.1. The monoisotopic (exact) mass is 262 g/mol. The lowest BCUT2D eigenvalue weighted by Crippen LogP contribution is -2.40. The predicted octanol–water partition coefficient (Wildman–Crippen LogP) is 1.79. The molecule has 1 aromatic rings. The van der Waals surface area contributed by atoms with E-state index in [1.807, 2.05) is 32.0 Å². The van der Waals surface area contributed by atoms with E-state index in [1.165, 1.54) is 0 Å². The number of carboxylic acid groups (broad SMARTS) is 1. The van der Waals surface area contributed by atoms with Crippen LogP contribution >= 0.6 is 0 Å². The van der Waals surface area contributed by atoms with E-state index < -0.39 is 12.0 Å². The van der Waals surface area contributed by atoms with Gasteiger partial charge in [0, 0.05) is 6.54 Å². The maximum atomic E-state index is 11.0. The number of carbonyl (C=O) groups is 1. The smallest absolute Gasteiger partial charge is 0.320 e. The molecular weight excluding hydrogens is 244 g/mol. The Hall–Kier alpha value is -2.06. The number of rotatable bonds is 7. The molecule has 0 saturated carbocycles. The number of ether oxygens (including phenoxy) is 1. The van der Waals surface area contributed by atoms with Gasteiger partial charge in [0.25, 0.3) is 0 Å². The molecular formula is C14H18N2O3. The van der Waals surface area contributed by atoms with Crippen LogP contribution in [0.2, 0.25) is 0 Å². The van der Waals surface area contributed by atoms with Crippen molar-refractivity contribution >= 4 is 5.97 Å². The van der Waals surface area contributed by atoms with E-state index in [0.29, 0.717) is 12.3 Å². The molecule has 0 spiro atoms. The van der Waals surface area contributed by atoms with Crippen LogP contribution in [-0.4, -0.2) is 23.7 Å². The van der Waals surface area contributed by atoms with Crippen molar-refractivity contribution in [3.05, 3.63) is 29.8 Å². The van der Waals surface area contributed by atoms with Crippen molar-refractivity contribution < 1.29 is 14.6 Å². The van der Waals surface area contributed by atoms with Crippen LogP contribution in [0.1, 0.15) is 19.4 Å². The van der Waals surface area contributed by atoms with Gasteiger partial charge in [-0.05, 0) is 23.6 Å². The number of benzene rings is 1. The maximum absolute atomic E-state index is 11.0. The van der Waals surface area contributed by atoms with Crippen molar-refractivity contribution in [2.24, 2.45) is 5.92 Å². The van der Waals surface area contributed by atoms with Crippen molar-refractivity contribution in [2.75, 3.05) is 6.61 Å². The molecule has 0 aromatic heterocycles. The van der Waals surface area contributed by atoms with Gasteiger partial charge < -0.3 is 15.2 Å². The first-order valence-electron chi connectivity index (χ1n) is 6.09. The summed E-state index contributed by atoms with van der Waals surface area (Å²) in [5, 5.41) is 20.4. The van der Waals surface area contributed by atoms with Crippen LogP contribution in [0.3, 0.4) is 0 Å². The fourth-order valence-electron chi connectivity index (χ4n) is 1.66. The summed E-state index contributed by atoms with van der Waals surface area (Å²) < 4.78 is 5.14. The normalized spacial score (nSPS) is 11.9. The molecule has 0 aliphatic carbocycles. The molecule has 1 atom stereocenters. The molecule has 19 heavy (non-hydrogen) atoms. The third kappa shape index (κ3) is 4.98. The Morgan fingerprint density at radius 3 is 2.53 bits per heavy atom. The second-order valence-corrected chi connectivity index (χ2v) is 4.53. The molecule has 0 bridgehead atoms. The van der Waals surface area contributed by atoms with Gasteiger partial charge in [0.2, 0.25) is 0 Å². The van der Waals surface area contributed by atoms with Crippen molar-refractivity contribution in [1.29, 1.82) is 5.26 Å². The van der Waals surface area contributed by atoms with Crippen LogP contribution in [-0.2, 0) is 11.3 Å². The minimum Gasteiger partial charge on any atom is -0.480 e. The van der Waals surface area contributed by atoms with E-state index in [0.717, 1.165) is 5.56 Å². The van der Waals surface area contributed by atoms with Crippen LogP contribution in [0.15, 0.2) is 24.3 Å². The van der Waals surface area contributed by atoms with Gasteiger partial charge in [-0.25, -0.2) is 0 Å². The third-order valence-corrected chi connectivity index (χ3v) is 2.69. The summed E-state index contributed by atoms with van der Waals surface area (Å²) in [6.45, 7) is 4.23. The highest BCUT2D eigenvalue weighted by atomic mass is 16.5. The average molecular weight is 262 g/mol. The molecule has 0 fully saturated rings. The van der Waals surface area contributed by atoms with Crippen LogP contribution in [0.4, 0.5) is 0 Å². The third-order valence-electron chi connectivity index (χ3n) is 2.69. The fourth-order valence-corrected chi connectivity index (χ4v) is 1.66. The number of aliphatic carboxylic acids is 1. The van der Waals surface area contributed by atoms with Gasteiger partial charge in [-0.15, -0.1) is 0 Å². The molecule has 0 saturated heterocycles. The fraction of sp³-hybridized carbons (Fsp3) is 0.429. The summed E-state index contributed by atoms with van der Waals surface area (Å²) in [6.07, 6.45) is 0. The summed E-state index contributed by atoms with van der Waals surface area (Å²) in [4.78, 5) is 11.0. The number of nitrogens with zero attached hydrogens (tertiary/aromatic N) is 1. The van der Waals surface area contributed by atoms with Crippen LogP contribution in [0.25, 0.3) is 0 Å². The van der Waals surface area contributed by atoms with Gasteiger partial charge in [0.15, 0.2) is 6.61 Å². The Kier molecular flexibility index (Phi) is 5.83. The van der Waals surface area contributed by atoms with Crippen LogP contribution in [0, 0.1) is 17.2 Å². The first-order valence-corrected chi connectivity index (χ1v) is 6.09. The maximum Gasteiger partial charge on any atom is 0.320 e. The topological polar surface area (TPSA) is 82.3 Å². The summed E-state index contributed by atoms with van der Waals surface area (Å²) in [5.41, 5.74) is 0.969. The molecule has 5 heteroatoms. The molecule has 5 nitrogen and oxygen atoms in total. The van der Waals surface area contributed by atoms with E-state index >= 15 is 0 Å². The Labute approximate surface area is 112 Å². The van der Waals surface area contributed by atoms with Crippen LogP contribution in [0.5, 0.6) is 5.75 Å². The Morgan fingerprint density at radius 1 is 1.42 bits per heavy atom. The minimum atomic E-state index is -0.844. The van der Waals surface area contributed by atoms with Crippen molar-refractivity contribution in [3.63, 3.8) is 0 Å². The molecule has 0 heterocycles. The molecule has 0 aliphatic rings. The number of hydrogen-bond donors (Lipinski definition) is 2. The van der Waals surface area contributed by atoms with Gasteiger partial charge in [0.1, 0.15) is 17.9 Å². The van der Waals surface area contributed by atoms with E-state index in [4.69, 9.17) is 15.1 Å². The lowest BCUT2D eigenvalue weighted by atomic mass is 10.0. The SMILES string of the molecule is CC(C)C(NCc1ccc(OCC#N)cc1)C(=O)O. The molecule has 1 aromatic carbocycles. The first-order chi connectivity index (χ1) is 9.04. The highest BCUT2D eigenvalue weighted by Gasteiger charge is 2.20. The average Bonchev–Trinajstić information content (AvgIpc) is 2.37. The largest absolute Gasteiger partial charge is 0.480 e. The summed E-state index contributed by atoms with van der Waals surface area (Å²) in [5.74, 6) is -0.191. The molecule has 1 rings (SSSR count). The highest BCUT2D eigenvalue weighted by molar-refractivity contribution is 5.73. The molecule has 0 amide bonds. The van der Waals surface area contributed by atoms with Crippen LogP contribution < -0.4 is 10.1 Å². The molecule has 1 unspecified atom stereocenters. The van der Waals surface area contributed by atoms with Crippen molar-refractivity contribution in [2.45, 2.75) is 26.4 Å². The zero-order chi connectivity index (χ0) is 14.3. The number of carboxylic acids is 1. The highest BCUT2D eigenvalue weighted by Crippen LogP contribution is 2.12. The Bertz CT molecular complexity index is 449. The van der Waals surface area contributed by atoms with Gasteiger partial charge in [-0.2, -0.15) is 5.26 Å². The zero-order valence-corrected chi connectivity index (χ0v) is 11.1. The Morgan fingerprint density at radius 2 is 2.05 bits per heavy atom. The quantitative estimate of drug-likeness (QED) is 0.782. The van der Waals surface area contributed by atoms with Crippen molar-refractivity contribution in [1.82, 2.24) is 5.32 Å². The van der Waals surface area contributed by atoms with Gasteiger partial charge in [0.05, 0.1) is 0 Å². The lowest BCUT2D eigenvalue weighted by molar-refractivity contribution is -0.140. The second kappa shape index (κ2) is 7.39. The number of hydrogen-bond acceptors (Lipinski definition) is 4. The van der Waals surface area contributed by atoms with E-state index in [-0.39, 0.29) is 12.5 Å². The van der Waals surface area contributed by atoms with E-state index in [9.17, 15) is 4.79 Å². The summed E-state index contributed by atoms with van der Waals surface area (Å²) in [7, 11) is 0. The number of nitriles is 1. The number of nitrogens with one attached hydrogen (secondary N) is 1. The van der Waals surface area contributed by atoms with E-state index in [1.54, 1.807) is 12.1 Å². The van der Waals surface area contributed by atoms with Gasteiger partial charge >= 0.3 is 5.97 Å². The van der Waals surface area contributed by atoms with Gasteiger partial charge in [-0.1, -0.05) is 26.0 Å². The predicted molar refractivity (Wildman–Crippen MR) is 70.7 cm³/mol. The summed E-state index contributed by atoms with van der Waals surface area (Å²) in [6, 6.07) is 8.55. The summed E-state index contributed by atoms with van der Waals surface area (Å²) >= 11 is 0. The standard InChI is InChI=1S/C14H18N2O3/c1-10(2)13(14(17)18)16-9-11-3-5-12(6-4-11)19-8-7-15/h3-6,10,13,16H,8-9H2,1-2H3,(H,17,18). The second-order valence-electron chi connectivity index (χ2n) is 4.53. The van der Waals surface area contributed by atoms with E-state index in [2.05, 4.69) is 5.32 Å². The molecule has 0 radical (unpaired) electrons. The molecule has 102 valence electrons. The van der Waals surface area contributed by atoms with Crippen molar-refractivity contribution in [3.8, 4) is 11.8 Å². The molecule has 0 aliphatic heterocycles. The lowest BCUT2D eigenvalue weighted by Gasteiger charge is -2.17. The first kappa shape index (κ1) is 15.0. The van der Waals surface area contributed by atoms with Gasteiger partial charge in [-0.3, -0.25) is 4.79 Å². The molecule has 2 N–H and O–H groups in total. The minimum absolute atomic E-state index is 0.0199. The Balaban J connectivity index is 2.54.